The lowest BCUT2D eigenvalue weighted by Crippen LogP contribution is -2.38. The number of carboxylic acids is 1. The third-order valence-corrected chi connectivity index (χ3v) is 4.23. The minimum absolute atomic E-state index is 0.0316. The smallest absolute Gasteiger partial charge is 0.318 e. The van der Waals surface area contributed by atoms with Crippen LogP contribution in [0.3, 0.4) is 0 Å². The van der Waals surface area contributed by atoms with Crippen LogP contribution in [0.5, 0.6) is 0 Å². The summed E-state index contributed by atoms with van der Waals surface area (Å²) in [5.74, 6) is -3.88. The van der Waals surface area contributed by atoms with Crippen LogP contribution in [0.15, 0.2) is 23.1 Å². The number of nitrogens with zero attached hydrogens (tertiary/aromatic N) is 1. The van der Waals surface area contributed by atoms with Gasteiger partial charge in [-0.3, -0.25) is 4.79 Å². The molecule has 0 amide bonds. The fourth-order valence-corrected chi connectivity index (χ4v) is 2.80. The highest BCUT2D eigenvalue weighted by molar-refractivity contribution is 7.89. The number of hydrogen-bond donors (Lipinski definition) is 1. The number of benzene rings is 1. The van der Waals surface area contributed by atoms with Crippen molar-refractivity contribution in [2.45, 2.75) is 4.90 Å². The Balaban J connectivity index is 3.13. The second kappa shape index (κ2) is 6.73. The van der Waals surface area contributed by atoms with E-state index in [1.165, 1.54) is 7.11 Å². The second-order valence-electron chi connectivity index (χ2n) is 3.80. The molecule has 0 fully saturated rings. The van der Waals surface area contributed by atoms with E-state index in [0.717, 1.165) is 6.07 Å². The van der Waals surface area contributed by atoms with Gasteiger partial charge in [-0.15, -0.1) is 0 Å². The van der Waals surface area contributed by atoms with Gasteiger partial charge < -0.3 is 9.84 Å². The first kappa shape index (κ1) is 16.5. The number of hydrogen-bond acceptors (Lipinski definition) is 4. The Morgan fingerprint density at radius 1 is 1.35 bits per heavy atom. The lowest BCUT2D eigenvalue weighted by atomic mass is 10.3. The molecule has 9 heteroatoms. The third kappa shape index (κ3) is 3.95. The zero-order chi connectivity index (χ0) is 15.3. The highest BCUT2D eigenvalue weighted by atomic mass is 32.2. The summed E-state index contributed by atoms with van der Waals surface area (Å²) in [6.07, 6.45) is 0. The number of ether oxygens (including phenoxy) is 1. The van der Waals surface area contributed by atoms with Crippen molar-refractivity contribution in [1.82, 2.24) is 4.31 Å². The molecule has 1 aromatic rings. The Morgan fingerprint density at radius 3 is 2.50 bits per heavy atom. The molecule has 1 rings (SSSR count). The van der Waals surface area contributed by atoms with Gasteiger partial charge in [0, 0.05) is 13.7 Å². The maximum Gasteiger partial charge on any atom is 0.318 e. The minimum atomic E-state index is -4.24. The molecule has 0 atom stereocenters. The summed E-state index contributed by atoms with van der Waals surface area (Å²) in [5.41, 5.74) is 0. The lowest BCUT2D eigenvalue weighted by Gasteiger charge is -2.20. The molecule has 0 saturated heterocycles. The number of aliphatic carboxylic acids is 1. The summed E-state index contributed by atoms with van der Waals surface area (Å²) in [4.78, 5) is 10.2. The summed E-state index contributed by atoms with van der Waals surface area (Å²) in [6, 6.07) is 2.04. The molecular weight excluding hydrogens is 296 g/mol. The molecule has 20 heavy (non-hydrogen) atoms. The van der Waals surface area contributed by atoms with Crippen molar-refractivity contribution in [3.8, 4) is 0 Å². The first-order valence-electron chi connectivity index (χ1n) is 5.45. The van der Waals surface area contributed by atoms with E-state index in [2.05, 4.69) is 0 Å². The predicted molar refractivity (Wildman–Crippen MR) is 64.6 cm³/mol. The van der Waals surface area contributed by atoms with Crippen LogP contribution in [0.2, 0.25) is 0 Å². The molecule has 0 radical (unpaired) electrons. The molecule has 0 aliphatic rings. The van der Waals surface area contributed by atoms with E-state index >= 15 is 0 Å². The third-order valence-electron chi connectivity index (χ3n) is 2.39. The van der Waals surface area contributed by atoms with Crippen molar-refractivity contribution in [2.75, 3.05) is 26.8 Å². The largest absolute Gasteiger partial charge is 0.480 e. The molecule has 6 nitrogen and oxygen atoms in total. The number of methoxy groups -OCH3 is 1. The molecular formula is C11H13F2NO5S. The quantitative estimate of drug-likeness (QED) is 0.801. The van der Waals surface area contributed by atoms with Gasteiger partial charge in [-0.25, -0.2) is 17.2 Å². The zero-order valence-corrected chi connectivity index (χ0v) is 11.4. The van der Waals surface area contributed by atoms with Crippen molar-refractivity contribution in [3.05, 3.63) is 29.8 Å². The van der Waals surface area contributed by atoms with Crippen LogP contribution in [-0.2, 0) is 19.6 Å². The van der Waals surface area contributed by atoms with Gasteiger partial charge in [0.05, 0.1) is 11.5 Å². The number of halogens is 2. The van der Waals surface area contributed by atoms with Gasteiger partial charge in [0.15, 0.2) is 11.6 Å². The highest BCUT2D eigenvalue weighted by Crippen LogP contribution is 2.18. The SMILES string of the molecule is COCCN(CC(=O)O)S(=O)(=O)c1ccc(F)c(F)c1. The molecule has 0 spiro atoms. The van der Waals surface area contributed by atoms with Crippen LogP contribution < -0.4 is 0 Å². The van der Waals surface area contributed by atoms with Crippen molar-refractivity contribution < 1.29 is 31.8 Å². The highest BCUT2D eigenvalue weighted by Gasteiger charge is 2.27. The van der Waals surface area contributed by atoms with Crippen molar-refractivity contribution in [1.29, 1.82) is 0 Å². The van der Waals surface area contributed by atoms with Crippen LogP contribution in [0.25, 0.3) is 0 Å². The number of rotatable bonds is 7. The van der Waals surface area contributed by atoms with Crippen molar-refractivity contribution in [2.24, 2.45) is 0 Å². The van der Waals surface area contributed by atoms with E-state index < -0.39 is 39.1 Å². The second-order valence-corrected chi connectivity index (χ2v) is 5.74. The van der Waals surface area contributed by atoms with Gasteiger partial charge >= 0.3 is 5.97 Å². The molecule has 0 heterocycles. The standard InChI is InChI=1S/C11H13F2NO5S/c1-19-5-4-14(7-11(15)16)20(17,18)8-2-3-9(12)10(13)6-8/h2-3,6H,4-5,7H2,1H3,(H,15,16). The van der Waals surface area contributed by atoms with Gasteiger partial charge in [0.1, 0.15) is 6.54 Å². The van der Waals surface area contributed by atoms with Crippen LogP contribution >= 0.6 is 0 Å². The Kier molecular flexibility index (Phi) is 5.54. The first-order chi connectivity index (χ1) is 9.28. The molecule has 0 unspecified atom stereocenters. The molecule has 1 aromatic carbocycles. The Labute approximate surface area is 114 Å². The van der Waals surface area contributed by atoms with E-state index in [9.17, 15) is 22.0 Å². The Hall–Kier alpha value is -1.58. The van der Waals surface area contributed by atoms with E-state index in [4.69, 9.17) is 9.84 Å². The van der Waals surface area contributed by atoms with Gasteiger partial charge in [-0.1, -0.05) is 0 Å². The molecule has 0 bridgehead atoms. The molecule has 112 valence electrons. The first-order valence-corrected chi connectivity index (χ1v) is 6.89. The van der Waals surface area contributed by atoms with Crippen LogP contribution in [0, 0.1) is 11.6 Å². The van der Waals surface area contributed by atoms with Crippen LogP contribution in [0.4, 0.5) is 8.78 Å². The Bertz CT molecular complexity index is 590. The van der Waals surface area contributed by atoms with Crippen LogP contribution in [0.1, 0.15) is 0 Å². The average molecular weight is 309 g/mol. The fraction of sp³-hybridized carbons (Fsp3) is 0.364. The van der Waals surface area contributed by atoms with Gasteiger partial charge in [0.2, 0.25) is 10.0 Å². The number of carbonyl (C=O) groups is 1. The van der Waals surface area contributed by atoms with E-state index in [1.54, 1.807) is 0 Å². The fourth-order valence-electron chi connectivity index (χ4n) is 1.41. The monoisotopic (exact) mass is 309 g/mol. The molecule has 0 aliphatic carbocycles. The van der Waals surface area contributed by atoms with E-state index in [0.29, 0.717) is 16.4 Å². The summed E-state index contributed by atoms with van der Waals surface area (Å²) in [6.45, 7) is -1.05. The molecule has 0 aromatic heterocycles. The van der Waals surface area contributed by atoms with E-state index in [-0.39, 0.29) is 13.2 Å². The number of carboxylic acid groups (broad SMARTS) is 1. The topological polar surface area (TPSA) is 83.9 Å². The Morgan fingerprint density at radius 2 is 2.00 bits per heavy atom. The van der Waals surface area contributed by atoms with Gasteiger partial charge in [0.25, 0.3) is 0 Å². The van der Waals surface area contributed by atoms with Gasteiger partial charge in [-0.2, -0.15) is 4.31 Å². The normalized spacial score (nSPS) is 11.8. The lowest BCUT2D eigenvalue weighted by molar-refractivity contribution is -0.137. The summed E-state index contributed by atoms with van der Waals surface area (Å²) >= 11 is 0. The molecule has 1 N–H and O–H groups in total. The molecule has 0 aliphatic heterocycles. The minimum Gasteiger partial charge on any atom is -0.480 e. The van der Waals surface area contributed by atoms with E-state index in [1.807, 2.05) is 0 Å². The average Bonchev–Trinajstić information content (AvgIpc) is 2.37. The van der Waals surface area contributed by atoms with Gasteiger partial charge in [-0.05, 0) is 18.2 Å². The van der Waals surface area contributed by atoms with Crippen LogP contribution in [-0.4, -0.2) is 50.6 Å². The zero-order valence-electron chi connectivity index (χ0n) is 10.5. The maximum absolute atomic E-state index is 13.1. The summed E-state index contributed by atoms with van der Waals surface area (Å²) in [7, 11) is -2.92. The summed E-state index contributed by atoms with van der Waals surface area (Å²) in [5, 5.41) is 8.71. The summed E-state index contributed by atoms with van der Waals surface area (Å²) < 4.78 is 55.5. The predicted octanol–water partition coefficient (Wildman–Crippen LogP) is 0.686. The number of sulfonamides is 1. The van der Waals surface area contributed by atoms with Crippen molar-refractivity contribution >= 4 is 16.0 Å². The molecule has 0 saturated carbocycles. The van der Waals surface area contributed by atoms with Crippen molar-refractivity contribution in [3.63, 3.8) is 0 Å². The maximum atomic E-state index is 13.1.